The highest BCUT2D eigenvalue weighted by atomic mass is 16.8. The van der Waals surface area contributed by atoms with E-state index in [0.29, 0.717) is 45.9 Å². The Balaban J connectivity index is 1.63. The van der Waals surface area contributed by atoms with Crippen molar-refractivity contribution in [2.75, 3.05) is 60.4 Å². The van der Waals surface area contributed by atoms with Gasteiger partial charge in [-0.3, -0.25) is 5.32 Å². The number of hydrogen-bond donors (Lipinski definition) is 3. The van der Waals surface area contributed by atoms with Gasteiger partial charge in [-0.2, -0.15) is 0 Å². The Morgan fingerprint density at radius 2 is 1.82 bits per heavy atom. The van der Waals surface area contributed by atoms with Gasteiger partial charge >= 0.3 is 0 Å². The van der Waals surface area contributed by atoms with Gasteiger partial charge in [-0.25, -0.2) is 0 Å². The van der Waals surface area contributed by atoms with E-state index >= 15 is 0 Å². The maximum atomic E-state index is 12.3. The number of methoxy groups -OCH3 is 1. The molecule has 2 aliphatic heterocycles. The van der Waals surface area contributed by atoms with Crippen molar-refractivity contribution in [2.24, 2.45) is 17.3 Å². The summed E-state index contributed by atoms with van der Waals surface area (Å²) in [5.74, 6) is -0.607. The average molecular weight is 470 g/mol. The summed E-state index contributed by atoms with van der Waals surface area (Å²) >= 11 is 0. The summed E-state index contributed by atoms with van der Waals surface area (Å²) in [5.41, 5.74) is -1.22. The molecule has 3 fully saturated rings. The third kappa shape index (κ3) is 4.54. The molecule has 4 aliphatic rings. The van der Waals surface area contributed by atoms with Crippen molar-refractivity contribution >= 4 is 0 Å². The third-order valence-electron chi connectivity index (χ3n) is 8.85. The summed E-state index contributed by atoms with van der Waals surface area (Å²) in [6.45, 7) is 5.28. The van der Waals surface area contributed by atoms with E-state index < -0.39 is 22.5 Å². The topological polar surface area (TPSA) is 98.6 Å². The van der Waals surface area contributed by atoms with E-state index in [1.165, 1.54) is 5.57 Å². The Bertz CT molecular complexity index is 696. The minimum absolute atomic E-state index is 0.210. The number of fused-ring (bicyclic) bond motifs is 3. The first-order chi connectivity index (χ1) is 15.8. The highest BCUT2D eigenvalue weighted by Crippen LogP contribution is 2.64. The molecular weight excluding hydrogens is 426 g/mol. The molecule has 1 unspecified atom stereocenters. The fraction of sp³-hybridized carbons (Fsp3) is 0.920. The number of rotatable bonds is 4. The zero-order chi connectivity index (χ0) is 23.6. The number of hydrogen-bond acceptors (Lipinski definition) is 8. The van der Waals surface area contributed by atoms with Crippen molar-refractivity contribution in [3.63, 3.8) is 0 Å². The zero-order valence-electron chi connectivity index (χ0n) is 20.6. The lowest BCUT2D eigenvalue weighted by atomic mass is 9.57. The van der Waals surface area contributed by atoms with Crippen LogP contribution in [0.3, 0.4) is 0 Å². The fourth-order valence-corrected chi connectivity index (χ4v) is 6.88. The van der Waals surface area contributed by atoms with Gasteiger partial charge in [-0.15, -0.1) is 0 Å². The first kappa shape index (κ1) is 25.5. The van der Waals surface area contributed by atoms with Crippen LogP contribution in [-0.4, -0.2) is 87.7 Å². The van der Waals surface area contributed by atoms with Gasteiger partial charge < -0.3 is 33.9 Å². The monoisotopic (exact) mass is 469 g/mol. The van der Waals surface area contributed by atoms with E-state index in [-0.39, 0.29) is 25.0 Å². The lowest BCUT2D eigenvalue weighted by Crippen LogP contribution is -2.65. The Morgan fingerprint density at radius 1 is 1.06 bits per heavy atom. The Kier molecular flexibility index (Phi) is 7.88. The van der Waals surface area contributed by atoms with Gasteiger partial charge in [0.15, 0.2) is 0 Å². The van der Waals surface area contributed by atoms with Crippen molar-refractivity contribution < 1.29 is 33.9 Å². The van der Waals surface area contributed by atoms with E-state index in [9.17, 15) is 10.2 Å². The van der Waals surface area contributed by atoms with Gasteiger partial charge in [0.25, 0.3) is 0 Å². The van der Waals surface area contributed by atoms with Crippen molar-refractivity contribution in [3.05, 3.63) is 11.6 Å². The molecule has 2 saturated heterocycles. The molecule has 3 N–H and O–H groups in total. The lowest BCUT2D eigenvalue weighted by Gasteiger charge is -2.54. The number of allylic oxidation sites excluding steroid dienone is 2. The average Bonchev–Trinajstić information content (AvgIpc) is 3.39. The molecule has 5 atom stereocenters. The SMILES string of the molecule is CNC1(O)CC[C@@H]2C(=CC[C@@]3(C)[C@H]2CC[C@]3(O)C2(COC)OCCO2)CCCOCCOC1. The van der Waals surface area contributed by atoms with Gasteiger partial charge in [0.1, 0.15) is 17.9 Å². The predicted molar refractivity (Wildman–Crippen MR) is 123 cm³/mol. The Morgan fingerprint density at radius 3 is 2.55 bits per heavy atom. The van der Waals surface area contributed by atoms with Crippen LogP contribution in [0.25, 0.3) is 0 Å². The second-order valence-electron chi connectivity index (χ2n) is 10.5. The molecule has 190 valence electrons. The molecule has 2 aliphatic carbocycles. The summed E-state index contributed by atoms with van der Waals surface area (Å²) in [4.78, 5) is 0. The molecule has 2 heterocycles. The van der Waals surface area contributed by atoms with E-state index in [2.05, 4.69) is 18.3 Å². The van der Waals surface area contributed by atoms with Crippen LogP contribution < -0.4 is 5.32 Å². The van der Waals surface area contributed by atoms with Crippen molar-refractivity contribution in [2.45, 2.75) is 69.0 Å². The van der Waals surface area contributed by atoms with Crippen LogP contribution in [-0.2, 0) is 23.7 Å². The standard InChI is InChI=1S/C25H43NO7/c1-22-9-6-19-5-4-12-30-13-14-31-17-23(27,26-2)10-7-20(19)21(22)8-11-24(22,28)25(18-29-3)32-15-16-33-25/h6,20-21,26-28H,4-5,7-18H2,1-3H3/t20-,21+,22+,23?,24-/m1/s1. The summed E-state index contributed by atoms with van der Waals surface area (Å²) in [6, 6.07) is 0. The van der Waals surface area contributed by atoms with Gasteiger partial charge in [-0.1, -0.05) is 18.6 Å². The molecule has 0 aromatic carbocycles. The third-order valence-corrected chi connectivity index (χ3v) is 8.85. The molecular formula is C25H43NO7. The Hall–Kier alpha value is -0.580. The zero-order valence-corrected chi connectivity index (χ0v) is 20.6. The smallest absolute Gasteiger partial charge is 0.222 e. The number of aliphatic hydroxyl groups is 2. The minimum atomic E-state index is -1.15. The van der Waals surface area contributed by atoms with Crippen molar-refractivity contribution in [1.82, 2.24) is 5.32 Å². The summed E-state index contributed by atoms with van der Waals surface area (Å²) < 4.78 is 29.1. The molecule has 0 bridgehead atoms. The van der Waals surface area contributed by atoms with Crippen LogP contribution >= 0.6 is 0 Å². The number of likely N-dealkylation sites (N-methyl/N-ethyl adjacent to an activating group) is 1. The molecule has 0 aromatic heterocycles. The van der Waals surface area contributed by atoms with Crippen LogP contribution in [0, 0.1) is 17.3 Å². The highest BCUT2D eigenvalue weighted by molar-refractivity contribution is 5.25. The normalized spacial score (nSPS) is 42.4. The molecule has 4 rings (SSSR count). The summed E-state index contributed by atoms with van der Waals surface area (Å²) in [7, 11) is 3.40. The molecule has 8 nitrogen and oxygen atoms in total. The maximum absolute atomic E-state index is 12.3. The van der Waals surface area contributed by atoms with Crippen molar-refractivity contribution in [1.29, 1.82) is 0 Å². The largest absolute Gasteiger partial charge is 0.384 e. The maximum Gasteiger partial charge on any atom is 0.222 e. The van der Waals surface area contributed by atoms with Crippen LogP contribution in [0.1, 0.15) is 51.9 Å². The van der Waals surface area contributed by atoms with Crippen LogP contribution in [0.2, 0.25) is 0 Å². The number of nitrogens with one attached hydrogen (secondary N) is 1. The summed E-state index contributed by atoms with van der Waals surface area (Å²) in [5, 5.41) is 26.4. The fourth-order valence-electron chi connectivity index (χ4n) is 6.88. The minimum Gasteiger partial charge on any atom is -0.384 e. The summed E-state index contributed by atoms with van der Waals surface area (Å²) in [6.07, 6.45) is 7.95. The van der Waals surface area contributed by atoms with E-state index in [4.69, 9.17) is 23.7 Å². The highest BCUT2D eigenvalue weighted by Gasteiger charge is 2.70. The number of ether oxygens (including phenoxy) is 5. The van der Waals surface area contributed by atoms with Crippen LogP contribution in [0.15, 0.2) is 11.6 Å². The van der Waals surface area contributed by atoms with Gasteiger partial charge in [0.2, 0.25) is 5.79 Å². The molecule has 0 amide bonds. The molecule has 0 spiro atoms. The second kappa shape index (κ2) is 10.2. The molecule has 1 saturated carbocycles. The first-order valence-corrected chi connectivity index (χ1v) is 12.6. The van der Waals surface area contributed by atoms with E-state index in [0.717, 1.165) is 32.1 Å². The van der Waals surface area contributed by atoms with Crippen molar-refractivity contribution in [3.8, 4) is 0 Å². The van der Waals surface area contributed by atoms with E-state index in [1.807, 2.05) is 0 Å². The van der Waals surface area contributed by atoms with Gasteiger partial charge in [-0.05, 0) is 63.8 Å². The molecule has 0 radical (unpaired) electrons. The van der Waals surface area contributed by atoms with E-state index in [1.54, 1.807) is 14.2 Å². The molecule has 8 heteroatoms. The second-order valence-corrected chi connectivity index (χ2v) is 10.5. The quantitative estimate of drug-likeness (QED) is 0.425. The molecule has 33 heavy (non-hydrogen) atoms. The first-order valence-electron chi connectivity index (χ1n) is 12.6. The van der Waals surface area contributed by atoms with Crippen LogP contribution in [0.4, 0.5) is 0 Å². The Labute approximate surface area is 197 Å². The lowest BCUT2D eigenvalue weighted by molar-refractivity contribution is -0.317. The van der Waals surface area contributed by atoms with Gasteiger partial charge in [0.05, 0.1) is 33.0 Å². The molecule has 0 aromatic rings. The van der Waals surface area contributed by atoms with Crippen LogP contribution in [0.5, 0.6) is 0 Å². The van der Waals surface area contributed by atoms with Gasteiger partial charge in [0, 0.05) is 19.1 Å². The predicted octanol–water partition coefficient (Wildman–Crippen LogP) is 1.98.